The van der Waals surface area contributed by atoms with Crippen LogP contribution in [0.3, 0.4) is 0 Å². The third-order valence-corrected chi connectivity index (χ3v) is 15.8. The highest BCUT2D eigenvalue weighted by atomic mass is 19.4. The number of hydrogen-bond donors (Lipinski definition) is 0. The molecule has 94 heavy (non-hydrogen) atoms. The predicted octanol–water partition coefficient (Wildman–Crippen LogP) is 20.4. The van der Waals surface area contributed by atoms with Crippen molar-refractivity contribution in [3.05, 3.63) is 220 Å². The van der Waals surface area contributed by atoms with E-state index in [0.717, 1.165) is 23.2 Å². The van der Waals surface area contributed by atoms with Crippen molar-refractivity contribution in [2.75, 3.05) is 0 Å². The van der Waals surface area contributed by atoms with Gasteiger partial charge in [0.25, 0.3) is 0 Å². The van der Waals surface area contributed by atoms with Crippen LogP contribution in [0.4, 0.5) is 105 Å². The minimum atomic E-state index is -6.13. The van der Waals surface area contributed by atoms with Crippen molar-refractivity contribution in [2.45, 2.75) is 134 Å². The summed E-state index contributed by atoms with van der Waals surface area (Å²) in [4.78, 5) is 13.0. The molecule has 0 radical (unpaired) electrons. The summed E-state index contributed by atoms with van der Waals surface area (Å²) >= 11 is 0. The van der Waals surface area contributed by atoms with E-state index in [-0.39, 0.29) is 5.78 Å². The SMILES string of the molecule is CCCCCCCCCCCCc1ccc(-c2c3ccccc3cc[n+]2CC(=O)c2ccccc2)cc1.FC(F)(F)c1cc([B-](c2cc(C(F)(F)F)cc(C(F)(F)F)c2)(c2cc(C(F)(F)F)cc(C(F)(F)F)c2)c2cc(C(F)(F)F)cc(C(F)(F)F)c2)cc(C(F)(F)F)c1. The van der Waals surface area contributed by atoms with Crippen LogP contribution in [0.15, 0.2) is 164 Å². The van der Waals surface area contributed by atoms with Crippen molar-refractivity contribution in [2.24, 2.45) is 0 Å². The molecule has 0 saturated heterocycles. The van der Waals surface area contributed by atoms with Crippen LogP contribution in [0.5, 0.6) is 0 Å². The number of unbranched alkanes of at least 4 members (excludes halogenated alkanes) is 9. The lowest BCUT2D eigenvalue weighted by Crippen LogP contribution is -2.75. The van der Waals surface area contributed by atoms with Gasteiger partial charge in [0.1, 0.15) is 6.15 Å². The Labute approximate surface area is 522 Å². The van der Waals surface area contributed by atoms with Crippen molar-refractivity contribution < 1.29 is 115 Å². The number of halogens is 24. The molecule has 0 bridgehead atoms. The summed E-state index contributed by atoms with van der Waals surface area (Å²) in [6, 6.07) is 20.3. The molecule has 27 heteroatoms. The number of aryl methyl sites for hydroxylation is 1. The summed E-state index contributed by atoms with van der Waals surface area (Å²) in [5, 5.41) is 2.36. The van der Waals surface area contributed by atoms with E-state index in [9.17, 15) is 110 Å². The van der Waals surface area contributed by atoms with Gasteiger partial charge in [-0.15, -0.1) is 0 Å². The van der Waals surface area contributed by atoms with E-state index in [1.807, 2.05) is 30.3 Å². The lowest BCUT2D eigenvalue weighted by Gasteiger charge is -2.46. The molecule has 0 N–H and O–H groups in total. The number of rotatable bonds is 19. The van der Waals surface area contributed by atoms with Gasteiger partial charge >= 0.3 is 49.4 Å². The van der Waals surface area contributed by atoms with Gasteiger partial charge < -0.3 is 0 Å². The Morgan fingerprint density at radius 3 is 0.989 bits per heavy atom. The Morgan fingerprint density at radius 1 is 0.351 bits per heavy atom. The van der Waals surface area contributed by atoms with Crippen LogP contribution in [0.1, 0.15) is 132 Å². The number of carbonyl (C=O) groups is 1. The molecule has 0 fully saturated rings. The first kappa shape index (κ1) is 73.4. The predicted molar refractivity (Wildman–Crippen MR) is 306 cm³/mol. The van der Waals surface area contributed by atoms with Crippen LogP contribution in [0.25, 0.3) is 22.0 Å². The molecule has 0 aliphatic carbocycles. The number of ketones is 1. The fourth-order valence-corrected chi connectivity index (χ4v) is 11.3. The number of alkyl halides is 24. The Bertz CT molecular complexity index is 3450. The number of benzene rings is 7. The molecule has 0 atom stereocenters. The second-order valence-corrected chi connectivity index (χ2v) is 22.5. The van der Waals surface area contributed by atoms with Crippen molar-refractivity contribution in [3.63, 3.8) is 0 Å². The molecule has 1 aromatic heterocycles. The zero-order valence-corrected chi connectivity index (χ0v) is 49.1. The van der Waals surface area contributed by atoms with Crippen LogP contribution in [0.2, 0.25) is 0 Å². The molecule has 7 aromatic carbocycles. The maximum absolute atomic E-state index is 14.2. The van der Waals surface area contributed by atoms with Crippen LogP contribution < -0.4 is 26.4 Å². The van der Waals surface area contributed by atoms with Gasteiger partial charge in [0.15, 0.2) is 6.20 Å². The highest BCUT2D eigenvalue weighted by Gasteiger charge is 2.47. The quantitative estimate of drug-likeness (QED) is 0.0260. The third-order valence-electron chi connectivity index (χ3n) is 15.8. The zero-order chi connectivity index (χ0) is 69.6. The summed E-state index contributed by atoms with van der Waals surface area (Å²) in [5.41, 5.74) is -25.8. The van der Waals surface area contributed by atoms with E-state index < -0.39 is 195 Å². The zero-order valence-electron chi connectivity index (χ0n) is 49.1. The maximum Gasteiger partial charge on any atom is 0.416 e. The Hall–Kier alpha value is -8.00. The minimum Gasteiger partial charge on any atom is -0.287 e. The first-order chi connectivity index (χ1) is 43.5. The van der Waals surface area contributed by atoms with E-state index in [4.69, 9.17) is 0 Å². The van der Waals surface area contributed by atoms with Gasteiger partial charge in [-0.1, -0.05) is 174 Å². The Balaban J connectivity index is 0.000000290. The standard InChI is InChI=1S/C35H42NO.C32H12BF24/c1-2-3-4-5-6-7-8-9-10-12-17-29-22-24-32(25-23-29)35-33-21-16-15-18-30(33)26-27-36(35)28-34(37)31-19-13-11-14-20-31;34-25(35,36)13-1-14(26(37,38)39)6-21(5-13)33(22-7-15(27(40,41)42)2-16(8-22)28(43,44)45,23-9-17(29(46,47)48)3-18(10-23)30(49,50)51)24-11-19(31(52,53)54)4-20(12-24)32(55,56)57/h11,13-16,18-27H,2-10,12,17,28H2,1H3;1-12H/q+1;-1. The minimum absolute atomic E-state index is 0.125. The molecule has 0 aliphatic rings. The van der Waals surface area contributed by atoms with Crippen molar-refractivity contribution in [1.29, 1.82) is 0 Å². The summed E-state index contributed by atoms with van der Waals surface area (Å²) in [5.74, 6) is 0.125. The van der Waals surface area contributed by atoms with Crippen LogP contribution in [-0.4, -0.2) is 11.9 Å². The number of nitrogens with zero attached hydrogens (tertiary/aromatic N) is 1. The Morgan fingerprint density at radius 2 is 0.660 bits per heavy atom. The average Bonchev–Trinajstić information content (AvgIpc) is 0.709. The molecular formula is C67H54BF24NO. The first-order valence-electron chi connectivity index (χ1n) is 29.0. The molecular weight excluding hydrogens is 1300 g/mol. The van der Waals surface area contributed by atoms with Gasteiger partial charge in [0.2, 0.25) is 18.0 Å². The summed E-state index contributed by atoms with van der Waals surface area (Å²) in [6.45, 7) is 2.60. The van der Waals surface area contributed by atoms with Crippen molar-refractivity contribution >= 4 is 44.6 Å². The molecule has 0 aliphatic heterocycles. The monoisotopic (exact) mass is 1360 g/mol. The van der Waals surface area contributed by atoms with Gasteiger partial charge in [0, 0.05) is 17.2 Å². The Kier molecular flexibility index (Phi) is 22.3. The van der Waals surface area contributed by atoms with Gasteiger partial charge in [-0.3, -0.25) is 4.79 Å². The number of pyridine rings is 1. The van der Waals surface area contributed by atoms with Gasteiger partial charge in [-0.05, 0) is 66.3 Å². The highest BCUT2D eigenvalue weighted by molar-refractivity contribution is 7.20. The number of aromatic nitrogens is 1. The normalized spacial score (nSPS) is 13.1. The van der Waals surface area contributed by atoms with Gasteiger partial charge in [0.05, 0.1) is 49.9 Å². The van der Waals surface area contributed by atoms with Crippen molar-refractivity contribution in [1.82, 2.24) is 0 Å². The fraction of sp³-hybridized carbons (Fsp3) is 0.313. The van der Waals surface area contributed by atoms with Gasteiger partial charge in [-0.2, -0.15) is 132 Å². The summed E-state index contributed by atoms with van der Waals surface area (Å²) in [6.07, 6.45) is -37.9. The lowest BCUT2D eigenvalue weighted by atomic mass is 9.12. The van der Waals surface area contributed by atoms with Crippen molar-refractivity contribution in [3.8, 4) is 11.3 Å². The third kappa shape index (κ3) is 18.3. The van der Waals surface area contributed by atoms with E-state index >= 15 is 0 Å². The average molecular weight is 1360 g/mol. The van der Waals surface area contributed by atoms with Crippen LogP contribution in [0, 0.1) is 0 Å². The smallest absolute Gasteiger partial charge is 0.287 e. The second kappa shape index (κ2) is 28.5. The molecule has 0 saturated carbocycles. The molecule has 2 nitrogen and oxygen atoms in total. The second-order valence-electron chi connectivity index (χ2n) is 22.5. The topological polar surface area (TPSA) is 20.9 Å². The lowest BCUT2D eigenvalue weighted by molar-refractivity contribution is -0.671. The first-order valence-corrected chi connectivity index (χ1v) is 29.0. The maximum atomic E-state index is 14.2. The number of carbonyl (C=O) groups excluding carboxylic acids is 1. The number of Topliss-reactive ketones (excluding diaryl/α,β-unsaturated/α-hetero) is 1. The van der Waals surface area contributed by atoms with E-state index in [1.54, 1.807) is 0 Å². The van der Waals surface area contributed by atoms with E-state index in [2.05, 4.69) is 72.3 Å². The molecule has 504 valence electrons. The summed E-state index contributed by atoms with van der Waals surface area (Å²) in [7, 11) is 0. The largest absolute Gasteiger partial charge is 0.416 e. The highest BCUT2D eigenvalue weighted by Crippen LogP contribution is 2.42. The molecule has 8 aromatic rings. The fourth-order valence-electron chi connectivity index (χ4n) is 11.3. The number of hydrogen-bond acceptors (Lipinski definition) is 1. The van der Waals surface area contributed by atoms with E-state index in [1.165, 1.54) is 80.5 Å². The number of fused-ring (bicyclic) bond motifs is 1. The molecule has 8 rings (SSSR count). The molecule has 0 unspecified atom stereocenters. The molecule has 0 spiro atoms. The summed E-state index contributed by atoms with van der Waals surface area (Å²) < 4.78 is 343. The van der Waals surface area contributed by atoms with Crippen LogP contribution >= 0.6 is 0 Å². The molecule has 0 amide bonds. The van der Waals surface area contributed by atoms with Crippen LogP contribution in [-0.2, 0) is 62.4 Å². The molecule has 1 heterocycles. The van der Waals surface area contributed by atoms with E-state index in [0.29, 0.717) is 6.54 Å². The van der Waals surface area contributed by atoms with Gasteiger partial charge in [-0.25, -0.2) is 0 Å².